The molecular formula is C4H10N2Pb. The Morgan fingerprint density at radius 2 is 1.86 bits per heavy atom. The van der Waals surface area contributed by atoms with Gasteiger partial charge in [0.1, 0.15) is 0 Å². The van der Waals surface area contributed by atoms with E-state index in [9.17, 15) is 0 Å². The van der Waals surface area contributed by atoms with Crippen molar-refractivity contribution >= 4 is 26.1 Å². The first-order valence-electron chi connectivity index (χ1n) is 2.60. The van der Waals surface area contributed by atoms with E-state index in [1.165, 1.54) is 26.2 Å². The van der Waals surface area contributed by atoms with Crippen LogP contribution >= 0.6 is 0 Å². The second-order valence-corrected chi connectivity index (χ2v) is 4.62. The van der Waals surface area contributed by atoms with Gasteiger partial charge >= 0.3 is 60.3 Å². The molecule has 0 aliphatic carbocycles. The predicted molar refractivity (Wildman–Crippen MR) is 31.6 cm³/mol. The second-order valence-electron chi connectivity index (χ2n) is 1.79. The molecular weight excluding hydrogens is 283 g/mol. The number of nitrogens with zero attached hydrogens (tertiary/aromatic N) is 1. The number of rotatable bonds is 0. The van der Waals surface area contributed by atoms with Gasteiger partial charge in [-0.25, -0.2) is 0 Å². The molecule has 1 N–H and O–H groups in total. The summed E-state index contributed by atoms with van der Waals surface area (Å²) >= 11 is 1.06. The van der Waals surface area contributed by atoms with Crippen LogP contribution in [0.1, 0.15) is 0 Å². The predicted octanol–water partition coefficient (Wildman–Crippen LogP) is -1.29. The van der Waals surface area contributed by atoms with Crippen LogP contribution in [0.15, 0.2) is 0 Å². The second kappa shape index (κ2) is 2.99. The summed E-state index contributed by atoms with van der Waals surface area (Å²) < 4.78 is 2.50. The quantitative estimate of drug-likeness (QED) is 0.559. The Hall–Kier alpha value is 0.842. The van der Waals surface area contributed by atoms with E-state index in [-0.39, 0.29) is 0 Å². The summed E-state index contributed by atoms with van der Waals surface area (Å²) in [5.41, 5.74) is 0. The van der Waals surface area contributed by atoms with Gasteiger partial charge in [-0.05, 0) is 0 Å². The van der Waals surface area contributed by atoms with Crippen LogP contribution in [-0.2, 0) is 0 Å². The Labute approximate surface area is 60.4 Å². The van der Waals surface area contributed by atoms with E-state index in [4.69, 9.17) is 0 Å². The molecule has 1 aliphatic heterocycles. The maximum atomic E-state index is 3.30. The first-order valence-corrected chi connectivity index (χ1v) is 4.61. The van der Waals surface area contributed by atoms with Gasteiger partial charge in [-0.15, -0.1) is 0 Å². The van der Waals surface area contributed by atoms with Gasteiger partial charge in [0, 0.05) is 0 Å². The molecule has 0 amide bonds. The van der Waals surface area contributed by atoms with E-state index in [0.717, 1.165) is 26.1 Å². The zero-order chi connectivity index (χ0) is 5.11. The Morgan fingerprint density at radius 1 is 1.29 bits per heavy atom. The fourth-order valence-corrected chi connectivity index (χ4v) is 1.69. The van der Waals surface area contributed by atoms with Crippen LogP contribution < -0.4 is 5.32 Å². The summed E-state index contributed by atoms with van der Waals surface area (Å²) in [5.74, 6) is 0. The molecule has 0 saturated carbocycles. The SMILES string of the molecule is [PbH][N]1CCNCC1. The number of nitrogens with one attached hydrogen (secondary N) is 1. The molecule has 0 atom stereocenters. The Kier molecular flexibility index (Phi) is 2.55. The van der Waals surface area contributed by atoms with Crippen LogP contribution in [-0.4, -0.2) is 55.0 Å². The zero-order valence-electron chi connectivity index (χ0n) is 4.35. The summed E-state index contributed by atoms with van der Waals surface area (Å²) in [6.45, 7) is 4.97. The number of piperazine rings is 1. The fraction of sp³-hybridized carbons (Fsp3) is 1.00. The van der Waals surface area contributed by atoms with Crippen LogP contribution in [0.25, 0.3) is 0 Å². The molecule has 0 unspecified atom stereocenters. The zero-order valence-corrected chi connectivity index (χ0v) is 8.84. The molecule has 1 aliphatic rings. The van der Waals surface area contributed by atoms with Crippen molar-refractivity contribution in [1.82, 2.24) is 8.03 Å². The van der Waals surface area contributed by atoms with Crippen LogP contribution in [0, 0.1) is 0 Å². The third-order valence-corrected chi connectivity index (χ3v) is 3.16. The monoisotopic (exact) mass is 294 g/mol. The van der Waals surface area contributed by atoms with Gasteiger partial charge in [0.25, 0.3) is 0 Å². The van der Waals surface area contributed by atoms with Gasteiger partial charge in [-0.1, -0.05) is 0 Å². The molecule has 1 saturated heterocycles. The molecule has 0 aromatic carbocycles. The Morgan fingerprint density at radius 3 is 2.14 bits per heavy atom. The average molecular weight is 293 g/mol. The van der Waals surface area contributed by atoms with Gasteiger partial charge in [-0.3, -0.25) is 0 Å². The summed E-state index contributed by atoms with van der Waals surface area (Å²) in [6, 6.07) is 0. The van der Waals surface area contributed by atoms with E-state index in [1.807, 2.05) is 0 Å². The van der Waals surface area contributed by atoms with E-state index in [0.29, 0.717) is 0 Å². The number of hydrogen-bond acceptors (Lipinski definition) is 2. The van der Waals surface area contributed by atoms with Crippen molar-refractivity contribution in [2.45, 2.75) is 0 Å². The molecule has 1 fully saturated rings. The van der Waals surface area contributed by atoms with Crippen molar-refractivity contribution < 1.29 is 0 Å². The van der Waals surface area contributed by atoms with Gasteiger partial charge in [0.05, 0.1) is 0 Å². The van der Waals surface area contributed by atoms with Gasteiger partial charge in [-0.2, -0.15) is 0 Å². The molecule has 3 heteroatoms. The molecule has 40 valence electrons. The van der Waals surface area contributed by atoms with Crippen LogP contribution in [0.5, 0.6) is 0 Å². The standard InChI is InChI=1S/C4H9N2.Pb.H/c1-2-6-4-3-5-1;;/h5H,1-4H2;;/q-1;+1;. The summed E-state index contributed by atoms with van der Waals surface area (Å²) in [6.07, 6.45) is 0. The minimum absolute atomic E-state index is 1.06. The van der Waals surface area contributed by atoms with Crippen molar-refractivity contribution in [2.24, 2.45) is 0 Å². The topological polar surface area (TPSA) is 15.3 Å². The fourth-order valence-electron chi connectivity index (χ4n) is 0.682. The minimum atomic E-state index is 1.06. The van der Waals surface area contributed by atoms with Crippen LogP contribution in [0.3, 0.4) is 0 Å². The van der Waals surface area contributed by atoms with Gasteiger partial charge < -0.3 is 0 Å². The van der Waals surface area contributed by atoms with Crippen molar-refractivity contribution in [3.63, 3.8) is 0 Å². The molecule has 7 heavy (non-hydrogen) atoms. The molecule has 1 heterocycles. The number of hydrogen-bond donors (Lipinski definition) is 1. The Bertz CT molecular complexity index is 51.7. The van der Waals surface area contributed by atoms with E-state index >= 15 is 0 Å². The Balaban J connectivity index is 2.12. The first-order chi connectivity index (χ1) is 3.39. The molecule has 2 nitrogen and oxygen atoms in total. The van der Waals surface area contributed by atoms with E-state index < -0.39 is 0 Å². The summed E-state index contributed by atoms with van der Waals surface area (Å²) in [4.78, 5) is 0. The van der Waals surface area contributed by atoms with Gasteiger partial charge in [0.15, 0.2) is 0 Å². The summed E-state index contributed by atoms with van der Waals surface area (Å²) in [5, 5.41) is 3.30. The summed E-state index contributed by atoms with van der Waals surface area (Å²) in [7, 11) is 0. The molecule has 2 radical (unpaired) electrons. The van der Waals surface area contributed by atoms with Crippen LogP contribution in [0.4, 0.5) is 0 Å². The molecule has 0 spiro atoms. The van der Waals surface area contributed by atoms with Crippen molar-refractivity contribution in [3.05, 3.63) is 0 Å². The van der Waals surface area contributed by atoms with Crippen LogP contribution in [0.2, 0.25) is 0 Å². The maximum absolute atomic E-state index is 3.30. The van der Waals surface area contributed by atoms with Crippen molar-refractivity contribution in [2.75, 3.05) is 26.2 Å². The average Bonchev–Trinajstić information content (AvgIpc) is 1.69. The van der Waals surface area contributed by atoms with Crippen molar-refractivity contribution in [3.8, 4) is 0 Å². The third kappa shape index (κ3) is 2.05. The molecule has 1 rings (SSSR count). The first kappa shape index (κ1) is 5.97. The van der Waals surface area contributed by atoms with Gasteiger partial charge in [0.2, 0.25) is 0 Å². The molecule has 0 bridgehead atoms. The van der Waals surface area contributed by atoms with E-state index in [2.05, 4.69) is 8.03 Å². The van der Waals surface area contributed by atoms with Crippen molar-refractivity contribution in [1.29, 1.82) is 0 Å². The molecule has 0 aromatic heterocycles. The normalized spacial score (nSPS) is 25.3. The third-order valence-electron chi connectivity index (χ3n) is 1.15. The van der Waals surface area contributed by atoms with E-state index in [1.54, 1.807) is 0 Å². The molecule has 0 aromatic rings.